The molecular formula is C15H22N4O2. The van der Waals surface area contributed by atoms with Gasteiger partial charge in [0.2, 0.25) is 0 Å². The average Bonchev–Trinajstić information content (AvgIpc) is 3.22. The third kappa shape index (κ3) is 4.75. The van der Waals surface area contributed by atoms with Gasteiger partial charge in [0, 0.05) is 29.4 Å². The van der Waals surface area contributed by atoms with E-state index in [4.69, 9.17) is 5.73 Å². The van der Waals surface area contributed by atoms with Crippen molar-refractivity contribution in [3.05, 3.63) is 29.8 Å². The number of amides is 3. The molecule has 6 heteroatoms. The Morgan fingerprint density at radius 3 is 2.67 bits per heavy atom. The molecule has 1 aliphatic carbocycles. The molecule has 5 N–H and O–H groups in total. The molecule has 0 radical (unpaired) electrons. The Morgan fingerprint density at radius 1 is 1.33 bits per heavy atom. The summed E-state index contributed by atoms with van der Waals surface area (Å²) < 4.78 is 0. The van der Waals surface area contributed by atoms with E-state index in [9.17, 15) is 9.59 Å². The maximum atomic E-state index is 12.1. The Labute approximate surface area is 124 Å². The van der Waals surface area contributed by atoms with Crippen LogP contribution in [0, 0.1) is 0 Å². The third-order valence-corrected chi connectivity index (χ3v) is 3.26. The van der Waals surface area contributed by atoms with Crippen LogP contribution < -0.4 is 21.7 Å². The summed E-state index contributed by atoms with van der Waals surface area (Å²) in [5, 5.41) is 8.41. The molecule has 6 nitrogen and oxygen atoms in total. The van der Waals surface area contributed by atoms with Crippen LogP contribution in [-0.2, 0) is 0 Å². The molecule has 0 aliphatic heterocycles. The van der Waals surface area contributed by atoms with Crippen molar-refractivity contribution in [1.82, 2.24) is 10.6 Å². The predicted molar refractivity (Wildman–Crippen MR) is 82.2 cm³/mol. The van der Waals surface area contributed by atoms with Gasteiger partial charge in [-0.3, -0.25) is 4.79 Å². The standard InChI is InChI=1S/C15H22N4O2/c1-15(2,9-16)19-13(20)10-4-3-5-12(8-10)18-14(21)17-11-6-7-11/h3-5,8,11H,6-7,9,16H2,1-2H3,(H,19,20)(H2,17,18,21). The van der Waals surface area contributed by atoms with E-state index >= 15 is 0 Å². The van der Waals surface area contributed by atoms with E-state index in [0.717, 1.165) is 12.8 Å². The SMILES string of the molecule is CC(C)(CN)NC(=O)c1cccc(NC(=O)NC2CC2)c1. The molecule has 0 heterocycles. The summed E-state index contributed by atoms with van der Waals surface area (Å²) in [7, 11) is 0. The van der Waals surface area contributed by atoms with Crippen LogP contribution in [0.1, 0.15) is 37.0 Å². The first-order valence-electron chi connectivity index (χ1n) is 7.10. The first kappa shape index (κ1) is 15.3. The van der Waals surface area contributed by atoms with Gasteiger partial charge < -0.3 is 21.7 Å². The Morgan fingerprint density at radius 2 is 2.05 bits per heavy atom. The summed E-state index contributed by atoms with van der Waals surface area (Å²) in [4.78, 5) is 23.8. The maximum absolute atomic E-state index is 12.1. The summed E-state index contributed by atoms with van der Waals surface area (Å²) in [5.41, 5.74) is 6.21. The first-order chi connectivity index (χ1) is 9.89. The van der Waals surface area contributed by atoms with Crippen molar-refractivity contribution < 1.29 is 9.59 Å². The lowest BCUT2D eigenvalue weighted by atomic mass is 10.1. The lowest BCUT2D eigenvalue weighted by molar-refractivity contribution is 0.0915. The molecule has 21 heavy (non-hydrogen) atoms. The summed E-state index contributed by atoms with van der Waals surface area (Å²) in [6.45, 7) is 4.06. The molecule has 1 fully saturated rings. The van der Waals surface area contributed by atoms with Gasteiger partial charge in [0.1, 0.15) is 0 Å². The normalized spacial score (nSPS) is 14.4. The van der Waals surface area contributed by atoms with Crippen molar-refractivity contribution in [3.63, 3.8) is 0 Å². The van der Waals surface area contributed by atoms with Gasteiger partial charge in [-0.2, -0.15) is 0 Å². The van der Waals surface area contributed by atoms with Crippen LogP contribution in [0.3, 0.4) is 0 Å². The van der Waals surface area contributed by atoms with Gasteiger partial charge in [-0.25, -0.2) is 4.79 Å². The average molecular weight is 290 g/mol. The second-order valence-corrected chi connectivity index (χ2v) is 6.00. The second kappa shape index (κ2) is 6.13. The number of hydrogen-bond donors (Lipinski definition) is 4. The largest absolute Gasteiger partial charge is 0.346 e. The summed E-state index contributed by atoms with van der Waals surface area (Å²) in [6, 6.07) is 6.88. The number of carbonyl (C=O) groups excluding carboxylic acids is 2. The number of nitrogens with one attached hydrogen (secondary N) is 3. The maximum Gasteiger partial charge on any atom is 0.319 e. The zero-order chi connectivity index (χ0) is 15.5. The zero-order valence-corrected chi connectivity index (χ0v) is 12.4. The Balaban J connectivity index is 1.99. The summed E-state index contributed by atoms with van der Waals surface area (Å²) in [5.74, 6) is -0.211. The molecule has 3 amide bonds. The van der Waals surface area contributed by atoms with E-state index in [-0.39, 0.29) is 11.9 Å². The van der Waals surface area contributed by atoms with Crippen LogP contribution in [0.25, 0.3) is 0 Å². The van der Waals surface area contributed by atoms with Crippen LogP contribution in [0.5, 0.6) is 0 Å². The van der Waals surface area contributed by atoms with Crippen LogP contribution in [-0.4, -0.2) is 30.1 Å². The van der Waals surface area contributed by atoms with E-state index in [2.05, 4.69) is 16.0 Å². The minimum absolute atomic E-state index is 0.211. The van der Waals surface area contributed by atoms with E-state index in [1.807, 2.05) is 13.8 Å². The lowest BCUT2D eigenvalue weighted by Crippen LogP contribution is -2.48. The van der Waals surface area contributed by atoms with E-state index in [1.54, 1.807) is 24.3 Å². The van der Waals surface area contributed by atoms with Gasteiger partial charge in [0.05, 0.1) is 0 Å². The molecule has 0 spiro atoms. The van der Waals surface area contributed by atoms with Crippen molar-refractivity contribution in [2.75, 3.05) is 11.9 Å². The predicted octanol–water partition coefficient (Wildman–Crippen LogP) is 1.44. The van der Waals surface area contributed by atoms with Crippen LogP contribution in [0.2, 0.25) is 0 Å². The van der Waals surface area contributed by atoms with Gasteiger partial charge in [-0.15, -0.1) is 0 Å². The molecule has 1 aliphatic rings. The van der Waals surface area contributed by atoms with Crippen molar-refractivity contribution >= 4 is 17.6 Å². The van der Waals surface area contributed by atoms with E-state index < -0.39 is 5.54 Å². The van der Waals surface area contributed by atoms with Crippen LogP contribution in [0.15, 0.2) is 24.3 Å². The number of nitrogens with two attached hydrogens (primary N) is 1. The highest BCUT2D eigenvalue weighted by atomic mass is 16.2. The molecule has 0 unspecified atom stereocenters. The molecule has 0 bridgehead atoms. The Hall–Kier alpha value is -2.08. The molecule has 1 saturated carbocycles. The smallest absolute Gasteiger partial charge is 0.319 e. The van der Waals surface area contributed by atoms with Crippen molar-refractivity contribution in [1.29, 1.82) is 0 Å². The second-order valence-electron chi connectivity index (χ2n) is 6.00. The highest BCUT2D eigenvalue weighted by Gasteiger charge is 2.23. The van der Waals surface area contributed by atoms with Gasteiger partial charge in [0.25, 0.3) is 5.91 Å². The molecule has 2 rings (SSSR count). The number of urea groups is 1. The molecular weight excluding hydrogens is 268 g/mol. The number of rotatable bonds is 5. The molecule has 0 atom stereocenters. The number of benzene rings is 1. The fourth-order valence-corrected chi connectivity index (χ4v) is 1.75. The molecule has 1 aromatic rings. The number of hydrogen-bond acceptors (Lipinski definition) is 3. The summed E-state index contributed by atoms with van der Waals surface area (Å²) in [6.07, 6.45) is 2.06. The fourth-order valence-electron chi connectivity index (χ4n) is 1.75. The lowest BCUT2D eigenvalue weighted by Gasteiger charge is -2.24. The molecule has 0 saturated heterocycles. The number of carbonyl (C=O) groups is 2. The number of anilines is 1. The van der Waals surface area contributed by atoms with Crippen LogP contribution in [0.4, 0.5) is 10.5 Å². The van der Waals surface area contributed by atoms with E-state index in [1.165, 1.54) is 0 Å². The minimum Gasteiger partial charge on any atom is -0.346 e. The highest BCUT2D eigenvalue weighted by Crippen LogP contribution is 2.19. The quantitative estimate of drug-likeness (QED) is 0.660. The summed E-state index contributed by atoms with van der Waals surface area (Å²) >= 11 is 0. The monoisotopic (exact) mass is 290 g/mol. The van der Waals surface area contributed by atoms with Crippen molar-refractivity contribution in [2.45, 2.75) is 38.3 Å². The van der Waals surface area contributed by atoms with Crippen LogP contribution >= 0.6 is 0 Å². The Bertz CT molecular complexity index is 538. The van der Waals surface area contributed by atoms with Gasteiger partial charge >= 0.3 is 6.03 Å². The minimum atomic E-state index is -0.468. The van der Waals surface area contributed by atoms with Gasteiger partial charge in [0.15, 0.2) is 0 Å². The van der Waals surface area contributed by atoms with Crippen molar-refractivity contribution in [2.24, 2.45) is 5.73 Å². The molecule has 1 aromatic carbocycles. The van der Waals surface area contributed by atoms with Gasteiger partial charge in [-0.05, 0) is 44.9 Å². The van der Waals surface area contributed by atoms with Crippen molar-refractivity contribution in [3.8, 4) is 0 Å². The molecule has 0 aromatic heterocycles. The topological polar surface area (TPSA) is 96.2 Å². The van der Waals surface area contributed by atoms with Gasteiger partial charge in [-0.1, -0.05) is 6.07 Å². The fraction of sp³-hybridized carbons (Fsp3) is 0.467. The Kier molecular flexibility index (Phi) is 4.47. The molecule has 114 valence electrons. The first-order valence-corrected chi connectivity index (χ1v) is 7.10. The highest BCUT2D eigenvalue weighted by molar-refractivity contribution is 5.97. The zero-order valence-electron chi connectivity index (χ0n) is 12.4. The third-order valence-electron chi connectivity index (χ3n) is 3.26. The van der Waals surface area contributed by atoms with E-state index in [0.29, 0.717) is 23.8 Å².